The van der Waals surface area contributed by atoms with Crippen LogP contribution in [0.5, 0.6) is 0 Å². The van der Waals surface area contributed by atoms with Gasteiger partial charge in [0.05, 0.1) is 0 Å². The van der Waals surface area contributed by atoms with E-state index in [1.165, 1.54) is 89.9 Å². The van der Waals surface area contributed by atoms with Crippen molar-refractivity contribution < 1.29 is 19.1 Å². The maximum atomic E-state index is 13.0. The molecule has 0 aliphatic heterocycles. The van der Waals surface area contributed by atoms with E-state index in [9.17, 15) is 19.2 Å². The van der Waals surface area contributed by atoms with Crippen LogP contribution in [0.25, 0.3) is 0 Å². The van der Waals surface area contributed by atoms with Crippen LogP contribution in [0.4, 0.5) is 11.4 Å². The molecule has 1 aromatic carbocycles. The van der Waals surface area contributed by atoms with E-state index in [0.717, 1.165) is 142 Å². The molecule has 1 unspecified atom stereocenters. The largest absolute Gasteiger partial charge is 0.462 e. The molecule has 0 aliphatic carbocycles. The molecule has 0 aliphatic rings. The van der Waals surface area contributed by atoms with Crippen molar-refractivity contribution in [3.63, 3.8) is 0 Å². The van der Waals surface area contributed by atoms with Crippen molar-refractivity contribution in [2.24, 2.45) is 0 Å². The van der Waals surface area contributed by atoms with Crippen LogP contribution in [-0.2, 0) is 19.1 Å². The van der Waals surface area contributed by atoms with Gasteiger partial charge in [0.15, 0.2) is 0 Å². The Kier molecular flexibility index (Phi) is 37.3. The Morgan fingerprint density at radius 1 is 0.452 bits per heavy atom. The molecule has 1 atom stereocenters. The first-order chi connectivity index (χ1) is 30.2. The molecule has 0 spiro atoms. The lowest BCUT2D eigenvalue weighted by atomic mass is 10.0. The maximum absolute atomic E-state index is 13.0. The highest BCUT2D eigenvalue weighted by molar-refractivity contribution is 5.75. The first-order valence-electron chi connectivity index (χ1n) is 26.5. The van der Waals surface area contributed by atoms with Crippen molar-refractivity contribution >= 4 is 23.3 Å². The van der Waals surface area contributed by atoms with Crippen molar-refractivity contribution in [1.29, 1.82) is 0 Å². The highest BCUT2D eigenvalue weighted by atomic mass is 16.5. The number of rotatable bonds is 46. The molecule has 0 heterocycles. The van der Waals surface area contributed by atoms with Crippen molar-refractivity contribution in [2.75, 3.05) is 50.5 Å². The van der Waals surface area contributed by atoms with E-state index in [0.29, 0.717) is 30.8 Å². The maximum Gasteiger partial charge on any atom is 0.306 e. The van der Waals surface area contributed by atoms with Gasteiger partial charge in [-0.3, -0.25) is 19.2 Å². The smallest absolute Gasteiger partial charge is 0.306 e. The molecule has 0 fully saturated rings. The first-order valence-corrected chi connectivity index (χ1v) is 26.5. The molecule has 1 rings (SSSR count). The summed E-state index contributed by atoms with van der Waals surface area (Å²) >= 11 is 0. The molecule has 9 nitrogen and oxygen atoms in total. The summed E-state index contributed by atoms with van der Waals surface area (Å²) in [5, 5.41) is 3.29. The number of ether oxygens (including phenoxy) is 2. The lowest BCUT2D eigenvalue weighted by molar-refractivity contribution is -0.151. The summed E-state index contributed by atoms with van der Waals surface area (Å²) in [6, 6.07) is 0. The summed E-state index contributed by atoms with van der Waals surface area (Å²) in [4.78, 5) is 55.5. The van der Waals surface area contributed by atoms with Crippen LogP contribution in [0.2, 0.25) is 0 Å². The van der Waals surface area contributed by atoms with Crippen LogP contribution in [-0.4, -0.2) is 69.3 Å². The SMILES string of the molecule is CCCCCCCCC(CCCCCCCC)OC(=O)CCCCCCCN(CCCCCCCC(=O)OC(CCC)CCCCCCC)c1c(NCCCN(C)C)c(=O)c1=O. The fraction of sp³-hybridized carbons (Fsp3) is 0.887. The molecule has 0 saturated carbocycles. The van der Waals surface area contributed by atoms with E-state index in [-0.39, 0.29) is 29.6 Å². The Labute approximate surface area is 381 Å². The zero-order valence-corrected chi connectivity index (χ0v) is 41.6. The van der Waals surface area contributed by atoms with Crippen molar-refractivity contribution in [2.45, 2.75) is 265 Å². The number of carbonyl (C=O) groups is 2. The zero-order valence-electron chi connectivity index (χ0n) is 41.6. The minimum absolute atomic E-state index is 0.0344. The number of unbranched alkanes of at least 4 members (excludes halogenated alkanes) is 22. The Morgan fingerprint density at radius 3 is 1.26 bits per heavy atom. The molecule has 1 N–H and O–H groups in total. The quantitative estimate of drug-likeness (QED) is 0.0389. The normalized spacial score (nSPS) is 12.1. The zero-order chi connectivity index (χ0) is 45.5. The molecular weight excluding hydrogens is 775 g/mol. The van der Waals surface area contributed by atoms with E-state index in [2.05, 4.69) is 42.8 Å². The van der Waals surface area contributed by atoms with E-state index in [1.807, 2.05) is 14.1 Å². The lowest BCUT2D eigenvalue weighted by Crippen LogP contribution is -2.43. The van der Waals surface area contributed by atoms with Gasteiger partial charge in [-0.1, -0.05) is 163 Å². The van der Waals surface area contributed by atoms with E-state index in [1.54, 1.807) is 0 Å². The second-order valence-electron chi connectivity index (χ2n) is 18.8. The molecule has 362 valence electrons. The van der Waals surface area contributed by atoms with E-state index < -0.39 is 5.43 Å². The van der Waals surface area contributed by atoms with Crippen LogP contribution in [0.3, 0.4) is 0 Å². The second kappa shape index (κ2) is 40.1. The topological polar surface area (TPSA) is 105 Å². The second-order valence-corrected chi connectivity index (χ2v) is 18.8. The number of nitrogens with one attached hydrogen (secondary N) is 1. The molecule has 0 aromatic heterocycles. The number of hydrogen-bond acceptors (Lipinski definition) is 9. The summed E-state index contributed by atoms with van der Waals surface area (Å²) in [6.45, 7) is 11.9. The predicted octanol–water partition coefficient (Wildman–Crippen LogP) is 13.6. The summed E-state index contributed by atoms with van der Waals surface area (Å²) in [6.07, 6.45) is 37.8. The van der Waals surface area contributed by atoms with Gasteiger partial charge in [-0.15, -0.1) is 0 Å². The minimum Gasteiger partial charge on any atom is -0.462 e. The molecule has 0 bridgehead atoms. The molecule has 62 heavy (non-hydrogen) atoms. The summed E-state index contributed by atoms with van der Waals surface area (Å²) in [5.74, 6) is -0.0898. The first kappa shape index (κ1) is 57.6. The fourth-order valence-corrected chi connectivity index (χ4v) is 8.61. The fourth-order valence-electron chi connectivity index (χ4n) is 8.61. The molecule has 0 amide bonds. The van der Waals surface area contributed by atoms with Crippen LogP contribution in [0, 0.1) is 0 Å². The Bertz CT molecular complexity index is 1260. The summed E-state index contributed by atoms with van der Waals surface area (Å²) in [7, 11) is 4.07. The van der Waals surface area contributed by atoms with Crippen LogP contribution in [0.1, 0.15) is 252 Å². The highest BCUT2D eigenvalue weighted by Crippen LogP contribution is 2.23. The third kappa shape index (κ3) is 29.9. The average Bonchev–Trinajstić information content (AvgIpc) is 3.25. The molecule has 1 aromatic rings. The minimum atomic E-state index is -0.396. The average molecular weight is 874 g/mol. The van der Waals surface area contributed by atoms with Gasteiger partial charge in [0.25, 0.3) is 10.9 Å². The summed E-state index contributed by atoms with van der Waals surface area (Å²) < 4.78 is 11.9. The van der Waals surface area contributed by atoms with Gasteiger partial charge in [0.1, 0.15) is 23.6 Å². The number of esters is 2. The van der Waals surface area contributed by atoms with Crippen LogP contribution in [0.15, 0.2) is 9.59 Å². The van der Waals surface area contributed by atoms with Crippen LogP contribution >= 0.6 is 0 Å². The van der Waals surface area contributed by atoms with Gasteiger partial charge in [-0.25, -0.2) is 0 Å². The molecular formula is C53H99N3O6. The Hall–Kier alpha value is -2.42. The van der Waals surface area contributed by atoms with Crippen molar-refractivity contribution in [3.8, 4) is 0 Å². The van der Waals surface area contributed by atoms with E-state index >= 15 is 0 Å². The van der Waals surface area contributed by atoms with Gasteiger partial charge >= 0.3 is 11.9 Å². The van der Waals surface area contributed by atoms with E-state index in [4.69, 9.17) is 9.47 Å². The van der Waals surface area contributed by atoms with Crippen LogP contribution < -0.4 is 21.1 Å². The molecule has 0 saturated heterocycles. The highest BCUT2D eigenvalue weighted by Gasteiger charge is 2.25. The number of carbonyl (C=O) groups excluding carboxylic acids is 2. The number of anilines is 2. The molecule has 9 heteroatoms. The van der Waals surface area contributed by atoms with Gasteiger partial charge in [-0.05, 0) is 97.7 Å². The van der Waals surface area contributed by atoms with Crippen molar-refractivity contribution in [3.05, 3.63) is 20.4 Å². The third-order valence-corrected chi connectivity index (χ3v) is 12.5. The number of nitrogens with zero attached hydrogens (tertiary/aromatic N) is 2. The predicted molar refractivity (Wildman–Crippen MR) is 265 cm³/mol. The van der Waals surface area contributed by atoms with Gasteiger partial charge < -0.3 is 24.6 Å². The summed E-state index contributed by atoms with van der Waals surface area (Å²) in [5.41, 5.74) is 0.284. The Balaban J connectivity index is 2.57. The lowest BCUT2D eigenvalue weighted by Gasteiger charge is -2.28. The van der Waals surface area contributed by atoms with Crippen molar-refractivity contribution in [1.82, 2.24) is 4.90 Å². The molecule has 0 radical (unpaired) electrons. The Morgan fingerprint density at radius 2 is 0.839 bits per heavy atom. The van der Waals surface area contributed by atoms with Gasteiger partial charge in [0, 0.05) is 32.5 Å². The van der Waals surface area contributed by atoms with Gasteiger partial charge in [-0.2, -0.15) is 0 Å². The third-order valence-electron chi connectivity index (χ3n) is 12.5. The number of hydrogen-bond donors (Lipinski definition) is 1. The van der Waals surface area contributed by atoms with Gasteiger partial charge in [0.2, 0.25) is 0 Å². The standard InChI is InChI=1S/C53H99N3O6/c1-7-11-14-17-22-29-38-47(39-30-23-18-15-12-8-2)62-49(58)41-32-25-20-27-34-45-56(51-50(52(59)53(51)60)54-42-35-43-55(5)6)44-33-26-19-24-31-40-48(57)61-46(36-10-4)37-28-21-16-13-9-3/h46-47,54H,7-45H2,1-6H3. The monoisotopic (exact) mass is 874 g/mol.